The monoisotopic (exact) mass is 95.1 g/mol. The van der Waals surface area contributed by atoms with Gasteiger partial charge >= 0.3 is 0 Å². The van der Waals surface area contributed by atoms with Crippen molar-refractivity contribution in [1.29, 1.82) is 0 Å². The molecule has 0 aromatic carbocycles. The van der Waals surface area contributed by atoms with Gasteiger partial charge < -0.3 is 0 Å². The van der Waals surface area contributed by atoms with Gasteiger partial charge in [-0.3, -0.25) is 0 Å². The van der Waals surface area contributed by atoms with E-state index in [1.807, 2.05) is 13.8 Å². The van der Waals surface area contributed by atoms with Crippen molar-refractivity contribution in [2.24, 2.45) is 4.99 Å². The maximum atomic E-state index is 3.80. The SMILES string of the molecule is CC#CN=C(C)C. The normalized spacial score (nSPS) is 6.14. The van der Waals surface area contributed by atoms with E-state index in [0.29, 0.717) is 0 Å². The second-order valence-electron chi connectivity index (χ2n) is 1.42. The molecule has 0 aliphatic carbocycles. The van der Waals surface area contributed by atoms with Gasteiger partial charge in [0.25, 0.3) is 0 Å². The first-order valence-electron chi connectivity index (χ1n) is 2.20. The first-order chi connectivity index (χ1) is 3.27. The Bertz CT molecular complexity index is 119. The van der Waals surface area contributed by atoms with E-state index < -0.39 is 0 Å². The molecular formula is C6H9N. The van der Waals surface area contributed by atoms with E-state index in [1.54, 1.807) is 6.92 Å². The number of nitrogens with zero attached hydrogens (tertiary/aromatic N) is 1. The Hall–Kier alpha value is -0.770. The standard InChI is InChI=1S/C6H9N/c1-4-5-7-6(2)3/h1-3H3. The van der Waals surface area contributed by atoms with Crippen molar-refractivity contribution >= 4 is 5.71 Å². The van der Waals surface area contributed by atoms with Crippen LogP contribution in [0.2, 0.25) is 0 Å². The van der Waals surface area contributed by atoms with Gasteiger partial charge in [-0.15, -0.1) is 0 Å². The van der Waals surface area contributed by atoms with Gasteiger partial charge in [0.2, 0.25) is 0 Å². The van der Waals surface area contributed by atoms with Crippen LogP contribution in [0.3, 0.4) is 0 Å². The van der Waals surface area contributed by atoms with Crippen molar-refractivity contribution < 1.29 is 0 Å². The van der Waals surface area contributed by atoms with Crippen LogP contribution in [-0.2, 0) is 0 Å². The highest BCUT2D eigenvalue weighted by atomic mass is 14.7. The molecular weight excluding hydrogens is 86.1 g/mol. The van der Waals surface area contributed by atoms with E-state index in [-0.39, 0.29) is 0 Å². The number of hydrogen-bond donors (Lipinski definition) is 0. The van der Waals surface area contributed by atoms with E-state index in [9.17, 15) is 0 Å². The van der Waals surface area contributed by atoms with Crippen LogP contribution in [0.1, 0.15) is 20.8 Å². The summed E-state index contributed by atoms with van der Waals surface area (Å²) in [6.07, 6.45) is 0. The molecule has 0 unspecified atom stereocenters. The van der Waals surface area contributed by atoms with Gasteiger partial charge in [-0.25, -0.2) is 4.99 Å². The fraction of sp³-hybridized carbons (Fsp3) is 0.500. The van der Waals surface area contributed by atoms with E-state index in [4.69, 9.17) is 0 Å². The van der Waals surface area contributed by atoms with Gasteiger partial charge in [-0.1, -0.05) is 5.92 Å². The van der Waals surface area contributed by atoms with Crippen LogP contribution >= 0.6 is 0 Å². The van der Waals surface area contributed by atoms with Crippen molar-refractivity contribution in [1.82, 2.24) is 0 Å². The van der Waals surface area contributed by atoms with E-state index >= 15 is 0 Å². The lowest BCUT2D eigenvalue weighted by atomic mass is 10.5. The third-order valence-corrected chi connectivity index (χ3v) is 0.391. The average Bonchev–Trinajstić information content (AvgIpc) is 1.61. The first kappa shape index (κ1) is 6.23. The lowest BCUT2D eigenvalue weighted by Crippen LogP contribution is -1.74. The minimum atomic E-state index is 1.01. The Labute approximate surface area is 44.5 Å². The van der Waals surface area contributed by atoms with Gasteiger partial charge in [-0.05, 0) is 20.8 Å². The molecule has 0 radical (unpaired) electrons. The van der Waals surface area contributed by atoms with Crippen LogP contribution in [0.5, 0.6) is 0 Å². The predicted molar refractivity (Wildman–Crippen MR) is 32.2 cm³/mol. The summed E-state index contributed by atoms with van der Waals surface area (Å²) < 4.78 is 0. The van der Waals surface area contributed by atoms with Crippen molar-refractivity contribution in [3.05, 3.63) is 0 Å². The summed E-state index contributed by atoms with van der Waals surface area (Å²) in [7, 11) is 0. The molecule has 1 heteroatoms. The number of rotatable bonds is 0. The van der Waals surface area contributed by atoms with Gasteiger partial charge in [-0.2, -0.15) is 0 Å². The lowest BCUT2D eigenvalue weighted by Gasteiger charge is -1.74. The summed E-state index contributed by atoms with van der Waals surface area (Å²) >= 11 is 0. The van der Waals surface area contributed by atoms with Gasteiger partial charge in [0, 0.05) is 11.8 Å². The second-order valence-corrected chi connectivity index (χ2v) is 1.42. The predicted octanol–water partition coefficient (Wildman–Crippen LogP) is 1.45. The third kappa shape index (κ3) is 5.23. The van der Waals surface area contributed by atoms with Gasteiger partial charge in [0.1, 0.15) is 0 Å². The molecule has 0 aliphatic heterocycles. The molecule has 0 atom stereocenters. The molecule has 0 N–H and O–H groups in total. The maximum absolute atomic E-state index is 3.80. The average molecular weight is 95.1 g/mol. The lowest BCUT2D eigenvalue weighted by molar-refractivity contribution is 1.56. The molecule has 0 aromatic heterocycles. The summed E-state index contributed by atoms with van der Waals surface area (Å²) in [5.41, 5.74) is 1.01. The zero-order valence-electron chi connectivity index (χ0n) is 4.95. The smallest absolute Gasteiger partial charge is 0.0332 e. The molecule has 1 nitrogen and oxygen atoms in total. The summed E-state index contributed by atoms with van der Waals surface area (Å²) in [4.78, 5) is 3.80. The summed E-state index contributed by atoms with van der Waals surface area (Å²) in [5, 5.41) is 0. The molecule has 0 saturated carbocycles. The fourth-order valence-corrected chi connectivity index (χ4v) is 0.168. The summed E-state index contributed by atoms with van der Waals surface area (Å²) in [5.74, 6) is 2.66. The zero-order valence-corrected chi connectivity index (χ0v) is 4.95. The Morgan fingerprint density at radius 3 is 2.14 bits per heavy atom. The third-order valence-electron chi connectivity index (χ3n) is 0.391. The first-order valence-corrected chi connectivity index (χ1v) is 2.20. The van der Waals surface area contributed by atoms with Crippen LogP contribution in [0.15, 0.2) is 4.99 Å². The number of aliphatic imine (C=N–C) groups is 1. The Balaban J connectivity index is 3.61. The Kier molecular flexibility index (Phi) is 3.04. The molecule has 0 fully saturated rings. The van der Waals surface area contributed by atoms with Crippen molar-refractivity contribution in [2.75, 3.05) is 0 Å². The van der Waals surface area contributed by atoms with Crippen LogP contribution < -0.4 is 0 Å². The molecule has 0 bridgehead atoms. The summed E-state index contributed by atoms with van der Waals surface area (Å²) in [6.45, 7) is 5.61. The highest BCUT2D eigenvalue weighted by molar-refractivity contribution is 5.80. The van der Waals surface area contributed by atoms with Gasteiger partial charge in [0.15, 0.2) is 0 Å². The molecule has 7 heavy (non-hydrogen) atoms. The minimum absolute atomic E-state index is 1.01. The Morgan fingerprint density at radius 1 is 1.43 bits per heavy atom. The molecule has 0 saturated heterocycles. The van der Waals surface area contributed by atoms with Crippen LogP contribution in [0, 0.1) is 12.0 Å². The molecule has 0 amide bonds. The summed E-state index contributed by atoms with van der Waals surface area (Å²) in [6, 6.07) is 2.59. The molecule has 38 valence electrons. The number of hydrogen-bond acceptors (Lipinski definition) is 1. The topological polar surface area (TPSA) is 12.4 Å². The molecule has 0 rings (SSSR count). The molecule has 0 spiro atoms. The quantitative estimate of drug-likeness (QED) is 0.319. The van der Waals surface area contributed by atoms with Crippen LogP contribution in [0.25, 0.3) is 0 Å². The largest absolute Gasteiger partial charge is 0.207 e. The molecule has 0 aromatic rings. The minimum Gasteiger partial charge on any atom is -0.207 e. The highest BCUT2D eigenvalue weighted by Crippen LogP contribution is 1.68. The van der Waals surface area contributed by atoms with Crippen molar-refractivity contribution in [2.45, 2.75) is 20.8 Å². The maximum Gasteiger partial charge on any atom is 0.0332 e. The fourth-order valence-electron chi connectivity index (χ4n) is 0.168. The van der Waals surface area contributed by atoms with E-state index in [2.05, 4.69) is 17.0 Å². The van der Waals surface area contributed by atoms with E-state index in [1.165, 1.54) is 0 Å². The van der Waals surface area contributed by atoms with Crippen LogP contribution in [0.4, 0.5) is 0 Å². The van der Waals surface area contributed by atoms with Crippen molar-refractivity contribution in [3.63, 3.8) is 0 Å². The Morgan fingerprint density at radius 2 is 2.00 bits per heavy atom. The molecule has 0 heterocycles. The zero-order chi connectivity index (χ0) is 5.70. The van der Waals surface area contributed by atoms with Crippen molar-refractivity contribution in [3.8, 4) is 12.0 Å². The highest BCUT2D eigenvalue weighted by Gasteiger charge is 1.66. The molecule has 0 aliphatic rings. The second kappa shape index (κ2) is 3.42. The van der Waals surface area contributed by atoms with Gasteiger partial charge in [0.05, 0.1) is 0 Å². The van der Waals surface area contributed by atoms with E-state index in [0.717, 1.165) is 5.71 Å². The van der Waals surface area contributed by atoms with Crippen LogP contribution in [-0.4, -0.2) is 5.71 Å².